The van der Waals surface area contributed by atoms with Crippen molar-refractivity contribution in [3.05, 3.63) is 34.4 Å². The summed E-state index contributed by atoms with van der Waals surface area (Å²) in [6.07, 6.45) is 1.76. The molecule has 1 aromatic carbocycles. The van der Waals surface area contributed by atoms with Crippen LogP contribution < -0.4 is 5.32 Å². The summed E-state index contributed by atoms with van der Waals surface area (Å²) in [7, 11) is 0. The third kappa shape index (κ3) is 4.25. The molecule has 2 aliphatic rings. The Morgan fingerprint density at radius 2 is 1.79 bits per heavy atom. The minimum atomic E-state index is -1.27. The van der Waals surface area contributed by atoms with Crippen molar-refractivity contribution in [2.75, 3.05) is 11.9 Å². The molecule has 0 unspecified atom stereocenters. The molecule has 1 saturated heterocycles. The number of nitrogens with zero attached hydrogens (tertiary/aromatic N) is 2. The molecule has 10 heteroatoms. The van der Waals surface area contributed by atoms with Gasteiger partial charge in [0, 0.05) is 6.07 Å². The van der Waals surface area contributed by atoms with Gasteiger partial charge in [0.1, 0.15) is 12.2 Å². The lowest BCUT2D eigenvalue weighted by Crippen LogP contribution is -2.39. The Bertz CT molecular complexity index is 845. The summed E-state index contributed by atoms with van der Waals surface area (Å²) in [5.41, 5.74) is -0.324. The average Bonchev–Trinajstić information content (AvgIpc) is 2.93. The average molecular weight is 403 g/mol. The van der Waals surface area contributed by atoms with Gasteiger partial charge in [-0.2, -0.15) is 0 Å². The van der Waals surface area contributed by atoms with E-state index in [1.807, 2.05) is 0 Å². The Hall–Kier alpha value is -3.30. The van der Waals surface area contributed by atoms with E-state index in [0.717, 1.165) is 17.7 Å². The van der Waals surface area contributed by atoms with Crippen LogP contribution in [0.15, 0.2) is 24.3 Å². The van der Waals surface area contributed by atoms with Gasteiger partial charge in [-0.1, -0.05) is 25.0 Å². The van der Waals surface area contributed by atoms with Crippen molar-refractivity contribution in [1.29, 1.82) is 0 Å². The summed E-state index contributed by atoms with van der Waals surface area (Å²) >= 11 is 0. The van der Waals surface area contributed by atoms with Crippen LogP contribution in [0.1, 0.15) is 32.6 Å². The van der Waals surface area contributed by atoms with Gasteiger partial charge in [-0.15, -0.1) is 0 Å². The first-order chi connectivity index (χ1) is 13.8. The van der Waals surface area contributed by atoms with Crippen molar-refractivity contribution in [3.63, 3.8) is 0 Å². The third-order valence-corrected chi connectivity index (χ3v) is 5.26. The number of benzene rings is 1. The molecule has 2 fully saturated rings. The predicted molar refractivity (Wildman–Crippen MR) is 99.4 cm³/mol. The Morgan fingerprint density at radius 1 is 1.21 bits per heavy atom. The minimum Gasteiger partial charge on any atom is -0.451 e. The van der Waals surface area contributed by atoms with Crippen LogP contribution in [0.2, 0.25) is 0 Å². The number of nitrogens with one attached hydrogen (secondary N) is 1. The molecular weight excluding hydrogens is 382 g/mol. The first-order valence-electron chi connectivity index (χ1n) is 9.38. The molecule has 1 aromatic rings. The number of fused-ring (bicyclic) bond motifs is 1. The van der Waals surface area contributed by atoms with Gasteiger partial charge in [-0.3, -0.25) is 34.2 Å². The number of carbonyl (C=O) groups is 4. The third-order valence-electron chi connectivity index (χ3n) is 5.26. The second-order valence-electron chi connectivity index (χ2n) is 7.16. The van der Waals surface area contributed by atoms with Crippen molar-refractivity contribution in [2.24, 2.45) is 11.8 Å². The van der Waals surface area contributed by atoms with Gasteiger partial charge in [-0.05, 0) is 25.8 Å². The summed E-state index contributed by atoms with van der Waals surface area (Å²) in [6.45, 7) is 0.753. The Kier molecular flexibility index (Phi) is 5.90. The van der Waals surface area contributed by atoms with Crippen LogP contribution in [0.5, 0.6) is 0 Å². The van der Waals surface area contributed by atoms with Gasteiger partial charge in [0.2, 0.25) is 11.8 Å². The molecule has 0 spiro atoms. The van der Waals surface area contributed by atoms with E-state index >= 15 is 0 Å². The number of rotatable bonds is 6. The molecule has 1 aliphatic heterocycles. The maximum absolute atomic E-state index is 12.4. The van der Waals surface area contributed by atoms with Crippen LogP contribution in [0.3, 0.4) is 0 Å². The monoisotopic (exact) mass is 403 g/mol. The van der Waals surface area contributed by atoms with E-state index in [0.29, 0.717) is 12.8 Å². The maximum Gasteiger partial charge on any atom is 0.326 e. The first kappa shape index (κ1) is 20.4. The lowest BCUT2D eigenvalue weighted by Gasteiger charge is -2.19. The summed E-state index contributed by atoms with van der Waals surface area (Å²) in [4.78, 5) is 60.5. The smallest absolute Gasteiger partial charge is 0.326 e. The fraction of sp³-hybridized carbons (Fsp3) is 0.474. The van der Waals surface area contributed by atoms with E-state index < -0.39 is 29.4 Å². The van der Waals surface area contributed by atoms with Gasteiger partial charge in [0.25, 0.3) is 11.6 Å². The molecule has 0 bridgehead atoms. The topological polar surface area (TPSA) is 136 Å². The molecule has 3 rings (SSSR count). The van der Waals surface area contributed by atoms with E-state index in [1.54, 1.807) is 0 Å². The number of nitro benzene ring substituents is 1. The molecular formula is C19H21N3O7. The van der Waals surface area contributed by atoms with Crippen LogP contribution in [0.25, 0.3) is 0 Å². The molecule has 154 valence electrons. The quantitative estimate of drug-likeness (QED) is 0.330. The van der Waals surface area contributed by atoms with Crippen LogP contribution in [-0.2, 0) is 23.9 Å². The predicted octanol–water partition coefficient (Wildman–Crippen LogP) is 1.64. The SMILES string of the molecule is C[C@H](OC(=O)CN1C(=O)[C@H]2CCCC[C@@H]2C1=O)C(=O)Nc1ccccc1[N+](=O)[O-]. The standard InChI is InChI=1S/C19H21N3O7/c1-11(17(24)20-14-8-4-5-9-15(14)22(27)28)29-16(23)10-21-18(25)12-6-2-3-7-13(12)19(21)26/h4-5,8-9,11-13H,2-3,6-7,10H2,1H3,(H,20,24)/t11-,12-,13-/m0/s1. The second-order valence-corrected chi connectivity index (χ2v) is 7.16. The molecule has 1 saturated carbocycles. The molecule has 29 heavy (non-hydrogen) atoms. The number of hydrogen-bond donors (Lipinski definition) is 1. The highest BCUT2D eigenvalue weighted by atomic mass is 16.6. The van der Waals surface area contributed by atoms with Gasteiger partial charge in [-0.25, -0.2) is 0 Å². The Balaban J connectivity index is 1.58. The lowest BCUT2D eigenvalue weighted by atomic mass is 9.81. The van der Waals surface area contributed by atoms with Crippen LogP contribution in [0.4, 0.5) is 11.4 Å². The molecule has 1 aliphatic carbocycles. The van der Waals surface area contributed by atoms with Crippen LogP contribution >= 0.6 is 0 Å². The highest BCUT2D eigenvalue weighted by Crippen LogP contribution is 2.37. The summed E-state index contributed by atoms with van der Waals surface area (Å²) in [5, 5.41) is 13.4. The van der Waals surface area contributed by atoms with Crippen molar-refractivity contribution < 1.29 is 28.8 Å². The van der Waals surface area contributed by atoms with E-state index in [1.165, 1.54) is 31.2 Å². The van der Waals surface area contributed by atoms with E-state index in [9.17, 15) is 29.3 Å². The highest BCUT2D eigenvalue weighted by molar-refractivity contribution is 6.07. The summed E-state index contributed by atoms with van der Waals surface area (Å²) in [6, 6.07) is 5.56. The van der Waals surface area contributed by atoms with E-state index in [-0.39, 0.29) is 35.0 Å². The first-order valence-corrected chi connectivity index (χ1v) is 9.38. The molecule has 1 N–H and O–H groups in total. The number of anilines is 1. The van der Waals surface area contributed by atoms with Gasteiger partial charge < -0.3 is 10.1 Å². The van der Waals surface area contributed by atoms with Crippen molar-refractivity contribution >= 4 is 35.1 Å². The number of imide groups is 1. The van der Waals surface area contributed by atoms with Gasteiger partial charge >= 0.3 is 5.97 Å². The Morgan fingerprint density at radius 3 is 2.38 bits per heavy atom. The lowest BCUT2D eigenvalue weighted by molar-refractivity contribution is -0.383. The van der Waals surface area contributed by atoms with Crippen LogP contribution in [-0.4, -0.2) is 46.2 Å². The number of hydrogen-bond acceptors (Lipinski definition) is 7. The van der Waals surface area contributed by atoms with E-state index in [4.69, 9.17) is 4.74 Å². The van der Waals surface area contributed by atoms with E-state index in [2.05, 4.69) is 5.32 Å². The van der Waals surface area contributed by atoms with Crippen molar-refractivity contribution in [2.45, 2.75) is 38.7 Å². The molecule has 3 atom stereocenters. The number of nitro groups is 1. The zero-order valence-electron chi connectivity index (χ0n) is 15.8. The summed E-state index contributed by atoms with van der Waals surface area (Å²) < 4.78 is 5.03. The fourth-order valence-corrected chi connectivity index (χ4v) is 3.78. The molecule has 0 aromatic heterocycles. The van der Waals surface area contributed by atoms with Crippen molar-refractivity contribution in [3.8, 4) is 0 Å². The number of esters is 1. The molecule has 1 heterocycles. The molecule has 10 nitrogen and oxygen atoms in total. The fourth-order valence-electron chi connectivity index (χ4n) is 3.78. The zero-order chi connectivity index (χ0) is 21.1. The van der Waals surface area contributed by atoms with Gasteiger partial charge in [0.15, 0.2) is 6.10 Å². The van der Waals surface area contributed by atoms with Crippen molar-refractivity contribution in [1.82, 2.24) is 4.90 Å². The zero-order valence-corrected chi connectivity index (χ0v) is 15.8. The largest absolute Gasteiger partial charge is 0.451 e. The normalized spacial score (nSPS) is 22.0. The number of amides is 3. The number of likely N-dealkylation sites (tertiary alicyclic amines) is 1. The number of carbonyl (C=O) groups excluding carboxylic acids is 4. The number of ether oxygens (including phenoxy) is 1. The summed E-state index contributed by atoms with van der Waals surface area (Å²) in [5.74, 6) is -3.13. The molecule has 3 amide bonds. The van der Waals surface area contributed by atoms with Gasteiger partial charge in [0.05, 0.1) is 16.8 Å². The second kappa shape index (κ2) is 8.38. The Labute approximate surface area is 166 Å². The number of para-hydroxylation sites is 2. The molecule has 0 radical (unpaired) electrons. The van der Waals surface area contributed by atoms with Crippen LogP contribution in [0, 0.1) is 22.0 Å². The minimum absolute atomic E-state index is 0.0284. The maximum atomic E-state index is 12.4. The highest BCUT2D eigenvalue weighted by Gasteiger charge is 2.48.